The number of rotatable bonds is 5. The van der Waals surface area contributed by atoms with Crippen LogP contribution in [0.3, 0.4) is 0 Å². The van der Waals surface area contributed by atoms with Gasteiger partial charge in [-0.25, -0.2) is 0 Å². The maximum absolute atomic E-state index is 11.9. The smallest absolute Gasteiger partial charge is 0.228 e. The standard InChI is InChI=1S/C13H16ClN3O/c1-3-16-8-9(2)13(18)17-12-6-11(14)5-4-10(12)7-15/h4-6,9,16H,3,8H2,1-2H3,(H,17,18). The highest BCUT2D eigenvalue weighted by molar-refractivity contribution is 6.31. The number of carbonyl (C=O) groups is 1. The predicted molar refractivity (Wildman–Crippen MR) is 72.5 cm³/mol. The Morgan fingerprint density at radius 1 is 1.56 bits per heavy atom. The van der Waals surface area contributed by atoms with Crippen LogP contribution in [0.1, 0.15) is 19.4 Å². The zero-order valence-corrected chi connectivity index (χ0v) is 11.2. The molecule has 4 nitrogen and oxygen atoms in total. The van der Waals surface area contributed by atoms with E-state index in [2.05, 4.69) is 10.6 Å². The molecule has 0 radical (unpaired) electrons. The highest BCUT2D eigenvalue weighted by Crippen LogP contribution is 2.20. The Morgan fingerprint density at radius 2 is 2.28 bits per heavy atom. The molecule has 1 aromatic carbocycles. The Labute approximate surface area is 112 Å². The highest BCUT2D eigenvalue weighted by atomic mass is 35.5. The van der Waals surface area contributed by atoms with Gasteiger partial charge in [0.2, 0.25) is 5.91 Å². The van der Waals surface area contributed by atoms with Crippen LogP contribution in [0.2, 0.25) is 5.02 Å². The molecule has 1 rings (SSSR count). The van der Waals surface area contributed by atoms with Gasteiger partial charge < -0.3 is 10.6 Å². The van der Waals surface area contributed by atoms with E-state index >= 15 is 0 Å². The van der Waals surface area contributed by atoms with Gasteiger partial charge in [-0.3, -0.25) is 4.79 Å². The molecule has 1 aromatic rings. The van der Waals surface area contributed by atoms with Gasteiger partial charge in [-0.15, -0.1) is 0 Å². The van der Waals surface area contributed by atoms with Gasteiger partial charge in [0.15, 0.2) is 0 Å². The van der Waals surface area contributed by atoms with E-state index in [9.17, 15) is 4.79 Å². The molecule has 1 atom stereocenters. The van der Waals surface area contributed by atoms with E-state index in [0.717, 1.165) is 6.54 Å². The van der Waals surface area contributed by atoms with E-state index in [1.54, 1.807) is 18.2 Å². The summed E-state index contributed by atoms with van der Waals surface area (Å²) in [5, 5.41) is 15.3. The second-order valence-electron chi connectivity index (χ2n) is 4.00. The molecule has 0 aliphatic rings. The lowest BCUT2D eigenvalue weighted by atomic mass is 10.1. The molecule has 18 heavy (non-hydrogen) atoms. The van der Waals surface area contributed by atoms with Gasteiger partial charge >= 0.3 is 0 Å². The molecule has 0 bridgehead atoms. The van der Waals surface area contributed by atoms with Crippen LogP contribution in [0.5, 0.6) is 0 Å². The molecule has 0 saturated carbocycles. The fourth-order valence-electron chi connectivity index (χ4n) is 1.43. The van der Waals surface area contributed by atoms with Crippen molar-refractivity contribution in [1.82, 2.24) is 5.32 Å². The van der Waals surface area contributed by atoms with Crippen molar-refractivity contribution in [1.29, 1.82) is 5.26 Å². The Kier molecular flexibility index (Phi) is 5.63. The summed E-state index contributed by atoms with van der Waals surface area (Å²) >= 11 is 5.85. The summed E-state index contributed by atoms with van der Waals surface area (Å²) in [5.74, 6) is -0.301. The first-order valence-electron chi connectivity index (χ1n) is 5.79. The lowest BCUT2D eigenvalue weighted by Crippen LogP contribution is -2.30. The van der Waals surface area contributed by atoms with Crippen molar-refractivity contribution in [3.63, 3.8) is 0 Å². The SMILES string of the molecule is CCNCC(C)C(=O)Nc1cc(Cl)ccc1C#N. The van der Waals surface area contributed by atoms with Crippen molar-refractivity contribution >= 4 is 23.2 Å². The monoisotopic (exact) mass is 265 g/mol. The van der Waals surface area contributed by atoms with Gasteiger partial charge in [0, 0.05) is 17.5 Å². The van der Waals surface area contributed by atoms with Crippen LogP contribution in [-0.4, -0.2) is 19.0 Å². The predicted octanol–water partition coefficient (Wildman–Crippen LogP) is 2.40. The summed E-state index contributed by atoms with van der Waals surface area (Å²) in [4.78, 5) is 11.9. The van der Waals surface area contributed by atoms with E-state index in [4.69, 9.17) is 16.9 Å². The molecule has 0 heterocycles. The average molecular weight is 266 g/mol. The minimum Gasteiger partial charge on any atom is -0.325 e. The van der Waals surface area contributed by atoms with E-state index in [1.807, 2.05) is 19.9 Å². The zero-order chi connectivity index (χ0) is 13.5. The molecule has 0 aliphatic carbocycles. The third-order valence-corrected chi connectivity index (χ3v) is 2.74. The van der Waals surface area contributed by atoms with E-state index < -0.39 is 0 Å². The zero-order valence-electron chi connectivity index (χ0n) is 10.5. The van der Waals surface area contributed by atoms with Crippen LogP contribution in [0.4, 0.5) is 5.69 Å². The van der Waals surface area contributed by atoms with Crippen molar-refractivity contribution in [2.75, 3.05) is 18.4 Å². The van der Waals surface area contributed by atoms with Gasteiger partial charge in [-0.05, 0) is 24.7 Å². The number of benzene rings is 1. The number of halogens is 1. The molecule has 0 aromatic heterocycles. The van der Waals surface area contributed by atoms with E-state index in [0.29, 0.717) is 22.8 Å². The molecule has 0 aliphatic heterocycles. The number of nitriles is 1. The summed E-state index contributed by atoms with van der Waals surface area (Å²) in [5.41, 5.74) is 0.863. The van der Waals surface area contributed by atoms with Crippen LogP contribution in [0, 0.1) is 17.2 Å². The van der Waals surface area contributed by atoms with E-state index in [1.165, 1.54) is 0 Å². The minimum absolute atomic E-state index is 0.130. The molecule has 5 heteroatoms. The fourth-order valence-corrected chi connectivity index (χ4v) is 1.60. The lowest BCUT2D eigenvalue weighted by molar-refractivity contribution is -0.119. The topological polar surface area (TPSA) is 64.9 Å². The second kappa shape index (κ2) is 7.00. The van der Waals surface area contributed by atoms with Gasteiger partial charge in [0.1, 0.15) is 6.07 Å². The number of amides is 1. The number of nitrogens with one attached hydrogen (secondary N) is 2. The first kappa shape index (κ1) is 14.5. The van der Waals surface area contributed by atoms with Crippen LogP contribution in [0.25, 0.3) is 0 Å². The van der Waals surface area contributed by atoms with Crippen molar-refractivity contribution in [3.8, 4) is 6.07 Å². The summed E-state index contributed by atoms with van der Waals surface area (Å²) in [6, 6.07) is 6.82. The first-order chi connectivity index (χ1) is 8.58. The van der Waals surface area contributed by atoms with Crippen molar-refractivity contribution in [3.05, 3.63) is 28.8 Å². The number of hydrogen-bond donors (Lipinski definition) is 2. The molecule has 0 fully saturated rings. The lowest BCUT2D eigenvalue weighted by Gasteiger charge is -2.13. The molecule has 2 N–H and O–H groups in total. The Morgan fingerprint density at radius 3 is 2.89 bits per heavy atom. The number of anilines is 1. The average Bonchev–Trinajstić information content (AvgIpc) is 2.36. The molecule has 1 amide bonds. The molecule has 0 saturated heterocycles. The van der Waals surface area contributed by atoms with Crippen LogP contribution >= 0.6 is 11.6 Å². The molecule has 1 unspecified atom stereocenters. The number of nitrogens with zero attached hydrogens (tertiary/aromatic N) is 1. The van der Waals surface area contributed by atoms with Crippen LogP contribution in [0.15, 0.2) is 18.2 Å². The number of hydrogen-bond acceptors (Lipinski definition) is 3. The molecular weight excluding hydrogens is 250 g/mol. The summed E-state index contributed by atoms with van der Waals surface area (Å²) in [7, 11) is 0. The quantitative estimate of drug-likeness (QED) is 0.859. The Bertz CT molecular complexity index is 468. The summed E-state index contributed by atoms with van der Waals surface area (Å²) in [6.45, 7) is 5.23. The highest BCUT2D eigenvalue weighted by Gasteiger charge is 2.14. The van der Waals surface area contributed by atoms with Gasteiger partial charge in [-0.1, -0.05) is 25.4 Å². The van der Waals surface area contributed by atoms with Crippen molar-refractivity contribution in [2.24, 2.45) is 5.92 Å². The van der Waals surface area contributed by atoms with Gasteiger partial charge in [0.25, 0.3) is 0 Å². The largest absolute Gasteiger partial charge is 0.325 e. The van der Waals surface area contributed by atoms with Crippen molar-refractivity contribution in [2.45, 2.75) is 13.8 Å². The molecular formula is C13H16ClN3O. The van der Waals surface area contributed by atoms with Gasteiger partial charge in [-0.2, -0.15) is 5.26 Å². The van der Waals surface area contributed by atoms with Crippen LogP contribution in [-0.2, 0) is 4.79 Å². The van der Waals surface area contributed by atoms with Crippen molar-refractivity contribution < 1.29 is 4.79 Å². The summed E-state index contributed by atoms with van der Waals surface area (Å²) < 4.78 is 0. The third-order valence-electron chi connectivity index (χ3n) is 2.51. The Hall–Kier alpha value is -1.57. The number of carbonyl (C=O) groups excluding carboxylic acids is 1. The molecule has 0 spiro atoms. The third kappa shape index (κ3) is 4.02. The van der Waals surface area contributed by atoms with E-state index in [-0.39, 0.29) is 11.8 Å². The first-order valence-corrected chi connectivity index (χ1v) is 6.17. The molecule has 96 valence electrons. The fraction of sp³-hybridized carbons (Fsp3) is 0.385. The maximum atomic E-state index is 11.9. The van der Waals surface area contributed by atoms with Crippen LogP contribution < -0.4 is 10.6 Å². The maximum Gasteiger partial charge on any atom is 0.228 e. The second-order valence-corrected chi connectivity index (χ2v) is 4.44. The summed E-state index contributed by atoms with van der Waals surface area (Å²) in [6.07, 6.45) is 0. The Balaban J connectivity index is 2.75. The normalized spacial score (nSPS) is 11.7. The van der Waals surface area contributed by atoms with Gasteiger partial charge in [0.05, 0.1) is 11.3 Å². The minimum atomic E-state index is -0.171.